The van der Waals surface area contributed by atoms with Crippen molar-refractivity contribution in [3.05, 3.63) is 82.0 Å². The molecule has 0 aliphatic heterocycles. The first-order valence-electron chi connectivity index (χ1n) is 13.8. The van der Waals surface area contributed by atoms with Crippen LogP contribution in [0.15, 0.2) is 64.1 Å². The van der Waals surface area contributed by atoms with Crippen LogP contribution in [-0.2, 0) is 34.8 Å². The van der Waals surface area contributed by atoms with Gasteiger partial charge in [0.05, 0.1) is 11.1 Å². The molecule has 10 nitrogen and oxygen atoms in total. The van der Waals surface area contributed by atoms with E-state index in [2.05, 4.69) is 27.2 Å². The second-order valence-electron chi connectivity index (χ2n) is 10.3. The molecule has 0 saturated heterocycles. The number of guanidine groups is 2. The molecule has 0 aliphatic carbocycles. The molecule has 2 aromatic rings. The number of aryl methyl sites for hydroxylation is 3. The summed E-state index contributed by atoms with van der Waals surface area (Å²) in [5, 5.41) is 4.71. The predicted octanol–water partition coefficient (Wildman–Crippen LogP) is 4.52. The molecular formula is C30H36F6N8O2. The van der Waals surface area contributed by atoms with Crippen molar-refractivity contribution < 1.29 is 35.9 Å². The van der Waals surface area contributed by atoms with Gasteiger partial charge in [-0.3, -0.25) is 19.6 Å². The Hall–Kier alpha value is -5.02. The first kappa shape index (κ1) is 37.2. The first-order chi connectivity index (χ1) is 21.3. The Morgan fingerprint density at radius 2 is 1.33 bits per heavy atom. The van der Waals surface area contributed by atoms with Gasteiger partial charge in [-0.2, -0.15) is 26.3 Å². The zero-order chi connectivity index (χ0) is 34.8. The van der Waals surface area contributed by atoms with Gasteiger partial charge in [0.25, 0.3) is 11.8 Å². The van der Waals surface area contributed by atoms with Crippen LogP contribution in [0.1, 0.15) is 47.6 Å². The summed E-state index contributed by atoms with van der Waals surface area (Å²) in [7, 11) is 0. The maximum Gasteiger partial charge on any atom is 0.416 e. The Balaban J connectivity index is 2.17. The number of amides is 2. The predicted molar refractivity (Wildman–Crippen MR) is 166 cm³/mol. The number of anilines is 2. The number of halogens is 6. The topological polar surface area (TPSA) is 187 Å². The number of hydrogen-bond donors (Lipinski definition) is 6. The highest BCUT2D eigenvalue weighted by atomic mass is 19.4. The molecule has 10 N–H and O–H groups in total. The van der Waals surface area contributed by atoms with Crippen LogP contribution >= 0.6 is 0 Å². The van der Waals surface area contributed by atoms with Crippen molar-refractivity contribution in [2.75, 3.05) is 23.7 Å². The lowest BCUT2D eigenvalue weighted by atomic mass is 9.98. The molecule has 0 spiro atoms. The average Bonchev–Trinajstić information content (AvgIpc) is 2.93. The quantitative estimate of drug-likeness (QED) is 0.0460. The van der Waals surface area contributed by atoms with Gasteiger partial charge in [0, 0.05) is 35.6 Å². The van der Waals surface area contributed by atoms with E-state index >= 15 is 0 Å². The van der Waals surface area contributed by atoms with E-state index in [-0.39, 0.29) is 84.3 Å². The van der Waals surface area contributed by atoms with E-state index in [0.717, 1.165) is 18.2 Å². The molecular weight excluding hydrogens is 618 g/mol. The Kier molecular flexibility index (Phi) is 12.8. The molecule has 0 bridgehead atoms. The van der Waals surface area contributed by atoms with Crippen LogP contribution < -0.4 is 33.6 Å². The molecule has 16 heteroatoms. The van der Waals surface area contributed by atoms with Gasteiger partial charge in [0.15, 0.2) is 11.9 Å². The Morgan fingerprint density at radius 1 is 0.804 bits per heavy atom. The molecule has 0 unspecified atom stereocenters. The van der Waals surface area contributed by atoms with Crippen LogP contribution in [0.5, 0.6) is 0 Å². The summed E-state index contributed by atoms with van der Waals surface area (Å²) in [6, 6.07) is 5.41. The molecule has 0 aliphatic rings. The highest BCUT2D eigenvalue weighted by molar-refractivity contribution is 6.09. The van der Waals surface area contributed by atoms with Gasteiger partial charge < -0.3 is 33.6 Å². The number of nitrogens with one attached hydrogen (secondary N) is 2. The van der Waals surface area contributed by atoms with E-state index in [1.807, 2.05) is 0 Å². The summed E-state index contributed by atoms with van der Waals surface area (Å²) in [6.45, 7) is 6.64. The van der Waals surface area contributed by atoms with Crippen molar-refractivity contribution in [1.82, 2.24) is 0 Å². The Bertz CT molecular complexity index is 1540. The molecule has 250 valence electrons. The number of carbonyl (C=O) groups is 2. The fourth-order valence-corrected chi connectivity index (χ4v) is 4.29. The van der Waals surface area contributed by atoms with E-state index in [0.29, 0.717) is 5.56 Å². The number of benzene rings is 2. The minimum atomic E-state index is -4.71. The monoisotopic (exact) mass is 654 g/mol. The number of nitrogens with two attached hydrogens (primary N) is 4. The van der Waals surface area contributed by atoms with Crippen molar-refractivity contribution in [3.63, 3.8) is 0 Å². The summed E-state index contributed by atoms with van der Waals surface area (Å²) < 4.78 is 82.6. The third-order valence-electron chi connectivity index (χ3n) is 6.51. The Labute approximate surface area is 261 Å². The molecule has 0 atom stereocenters. The standard InChI is InChI=1S/C30H36F6N8O2/c1-16-13-20(7-5-11-42-28(39)40)23(30(34,35)36)15-24(16)44-26(46)18(3)12-17(2)25(45)43-21-9-8-19(6-4-10-41-27(37)38)22(14-21)29(31,32)33/h8-9,12-15H,2,4-7,10-11H2,1,3H3,(H,43,45)(H,44,46)(H4,37,38,41)(H4,39,40,42)/b18-12+. The summed E-state index contributed by atoms with van der Waals surface area (Å²) in [5.74, 6) is -2.08. The number of rotatable bonds is 13. The van der Waals surface area contributed by atoms with Crippen molar-refractivity contribution in [2.45, 2.75) is 51.9 Å². The fraction of sp³-hybridized carbons (Fsp3) is 0.333. The molecule has 2 amide bonds. The minimum Gasteiger partial charge on any atom is -0.370 e. The van der Waals surface area contributed by atoms with Crippen molar-refractivity contribution in [3.8, 4) is 0 Å². The fourth-order valence-electron chi connectivity index (χ4n) is 4.29. The van der Waals surface area contributed by atoms with Crippen molar-refractivity contribution >= 4 is 35.1 Å². The van der Waals surface area contributed by atoms with E-state index in [1.54, 1.807) is 0 Å². The number of carbonyl (C=O) groups excluding carboxylic acids is 2. The summed E-state index contributed by atoms with van der Waals surface area (Å²) in [6.07, 6.45) is -7.82. The van der Waals surface area contributed by atoms with Gasteiger partial charge in [-0.15, -0.1) is 0 Å². The minimum absolute atomic E-state index is 0.00115. The van der Waals surface area contributed by atoms with E-state index in [4.69, 9.17) is 22.9 Å². The van der Waals surface area contributed by atoms with Crippen LogP contribution in [0.25, 0.3) is 0 Å². The molecule has 0 aromatic heterocycles. The van der Waals surface area contributed by atoms with Gasteiger partial charge in [0.1, 0.15) is 0 Å². The molecule has 2 aromatic carbocycles. The third-order valence-corrected chi connectivity index (χ3v) is 6.51. The smallest absolute Gasteiger partial charge is 0.370 e. The zero-order valence-corrected chi connectivity index (χ0v) is 25.2. The van der Waals surface area contributed by atoms with Crippen LogP contribution in [-0.4, -0.2) is 36.8 Å². The molecule has 0 fully saturated rings. The lowest BCUT2D eigenvalue weighted by Gasteiger charge is -2.17. The van der Waals surface area contributed by atoms with Crippen molar-refractivity contribution in [2.24, 2.45) is 32.9 Å². The van der Waals surface area contributed by atoms with Crippen LogP contribution in [0.2, 0.25) is 0 Å². The first-order valence-corrected chi connectivity index (χ1v) is 13.8. The Morgan fingerprint density at radius 3 is 1.85 bits per heavy atom. The number of hydrogen-bond acceptors (Lipinski definition) is 4. The van der Waals surface area contributed by atoms with Crippen molar-refractivity contribution in [1.29, 1.82) is 0 Å². The van der Waals surface area contributed by atoms with Crippen LogP contribution in [0, 0.1) is 6.92 Å². The second kappa shape index (κ2) is 15.8. The molecule has 0 radical (unpaired) electrons. The van der Waals surface area contributed by atoms with Gasteiger partial charge in [-0.1, -0.05) is 18.7 Å². The van der Waals surface area contributed by atoms with Gasteiger partial charge in [-0.25, -0.2) is 0 Å². The lowest BCUT2D eigenvalue weighted by Crippen LogP contribution is -2.23. The third kappa shape index (κ3) is 11.5. The van der Waals surface area contributed by atoms with Gasteiger partial charge in [-0.05, 0) is 80.5 Å². The average molecular weight is 655 g/mol. The maximum atomic E-state index is 13.8. The highest BCUT2D eigenvalue weighted by Gasteiger charge is 2.35. The van der Waals surface area contributed by atoms with Crippen LogP contribution in [0.3, 0.4) is 0 Å². The van der Waals surface area contributed by atoms with E-state index in [1.165, 1.54) is 32.0 Å². The molecule has 0 heterocycles. The largest absolute Gasteiger partial charge is 0.416 e. The molecule has 0 saturated carbocycles. The zero-order valence-electron chi connectivity index (χ0n) is 25.2. The molecule has 46 heavy (non-hydrogen) atoms. The normalized spacial score (nSPS) is 11.9. The maximum absolute atomic E-state index is 13.8. The van der Waals surface area contributed by atoms with Crippen LogP contribution in [0.4, 0.5) is 37.7 Å². The number of alkyl halides is 6. The lowest BCUT2D eigenvalue weighted by molar-refractivity contribution is -0.139. The highest BCUT2D eigenvalue weighted by Crippen LogP contribution is 2.36. The molecule has 2 rings (SSSR count). The van der Waals surface area contributed by atoms with Gasteiger partial charge >= 0.3 is 12.4 Å². The van der Waals surface area contributed by atoms with E-state index < -0.39 is 35.3 Å². The number of aliphatic imine (C=N–C) groups is 2. The second-order valence-corrected chi connectivity index (χ2v) is 10.3. The summed E-state index contributed by atoms with van der Waals surface area (Å²) in [4.78, 5) is 33.0. The number of nitrogens with zero attached hydrogens (tertiary/aromatic N) is 2. The summed E-state index contributed by atoms with van der Waals surface area (Å²) in [5.41, 5.74) is 18.7. The van der Waals surface area contributed by atoms with Gasteiger partial charge in [0.2, 0.25) is 0 Å². The van der Waals surface area contributed by atoms with E-state index in [9.17, 15) is 35.9 Å². The summed E-state index contributed by atoms with van der Waals surface area (Å²) >= 11 is 0. The SMILES string of the molecule is C=C(/C=C(\C)C(=O)Nc1cc(C(F)(F)F)c(CCCN=C(N)N)cc1C)C(=O)Nc1ccc(CCCN=C(N)N)c(C(F)(F)F)c1.